The number of hydrogen-bond acceptors (Lipinski definition) is 2. The van der Waals surface area contributed by atoms with Crippen molar-refractivity contribution >= 4 is 50.6 Å². The van der Waals surface area contributed by atoms with Crippen LogP contribution in [0.25, 0.3) is 0 Å². The summed E-state index contributed by atoms with van der Waals surface area (Å²) in [5, 5.41) is -0.134. The molecule has 92 valence electrons. The number of carbonyl (C=O) groups excluding carboxylic acids is 2. The van der Waals surface area contributed by atoms with Crippen molar-refractivity contribution < 1.29 is 22.8 Å². The molecular formula is C10H5BrF3IO2. The molecule has 1 rings (SSSR count). The second-order valence-electron chi connectivity index (χ2n) is 3.06. The minimum atomic E-state index is -4.65. The SMILES string of the molecule is O=Cc1c(C(F)(F)F)ccc(I)c1C(=O)CBr. The van der Waals surface area contributed by atoms with E-state index in [0.717, 1.165) is 6.07 Å². The molecule has 0 unspecified atom stereocenters. The fourth-order valence-corrected chi connectivity index (χ4v) is 2.36. The molecule has 0 saturated carbocycles. The van der Waals surface area contributed by atoms with Crippen molar-refractivity contribution in [1.29, 1.82) is 0 Å². The summed E-state index contributed by atoms with van der Waals surface area (Å²) in [6, 6.07) is 1.97. The first-order chi connectivity index (χ1) is 7.82. The third-order valence-corrected chi connectivity index (χ3v) is 3.43. The zero-order chi connectivity index (χ0) is 13.2. The Morgan fingerprint density at radius 1 is 1.41 bits per heavy atom. The molecule has 17 heavy (non-hydrogen) atoms. The van der Waals surface area contributed by atoms with Crippen LogP contribution in [0.4, 0.5) is 13.2 Å². The van der Waals surface area contributed by atoms with E-state index >= 15 is 0 Å². The van der Waals surface area contributed by atoms with Crippen LogP contribution >= 0.6 is 38.5 Å². The summed E-state index contributed by atoms with van der Waals surface area (Å²) in [6.07, 6.45) is -4.58. The van der Waals surface area contributed by atoms with Gasteiger partial charge in [-0.1, -0.05) is 15.9 Å². The van der Waals surface area contributed by atoms with E-state index in [4.69, 9.17) is 0 Å². The zero-order valence-electron chi connectivity index (χ0n) is 8.15. The molecule has 0 N–H and O–H groups in total. The summed E-state index contributed by atoms with van der Waals surface area (Å²) in [4.78, 5) is 22.3. The predicted octanol–water partition coefficient (Wildman–Crippen LogP) is 3.70. The van der Waals surface area contributed by atoms with Gasteiger partial charge in [0.2, 0.25) is 0 Å². The monoisotopic (exact) mass is 420 g/mol. The van der Waals surface area contributed by atoms with Gasteiger partial charge in [0.25, 0.3) is 0 Å². The lowest BCUT2D eigenvalue weighted by atomic mass is 9.99. The lowest BCUT2D eigenvalue weighted by Crippen LogP contribution is -2.15. The van der Waals surface area contributed by atoms with Gasteiger partial charge in [0.1, 0.15) is 0 Å². The van der Waals surface area contributed by atoms with Gasteiger partial charge in [-0.05, 0) is 34.7 Å². The summed E-state index contributed by atoms with van der Waals surface area (Å²) in [5.74, 6) is -0.553. The highest BCUT2D eigenvalue weighted by atomic mass is 127. The van der Waals surface area contributed by atoms with Crippen LogP contribution in [-0.2, 0) is 6.18 Å². The Labute approximate surface area is 117 Å². The first-order valence-electron chi connectivity index (χ1n) is 4.27. The molecule has 0 aromatic heterocycles. The lowest BCUT2D eigenvalue weighted by Gasteiger charge is -2.13. The third-order valence-electron chi connectivity index (χ3n) is 2.02. The molecule has 0 spiro atoms. The van der Waals surface area contributed by atoms with Crippen LogP contribution < -0.4 is 0 Å². The molecule has 0 fully saturated rings. The number of Topliss-reactive ketones (excluding diaryl/α,β-unsaturated/α-hetero) is 1. The predicted molar refractivity (Wildman–Crippen MR) is 67.7 cm³/mol. The number of benzene rings is 1. The van der Waals surface area contributed by atoms with Crippen molar-refractivity contribution in [2.45, 2.75) is 6.18 Å². The largest absolute Gasteiger partial charge is 0.417 e. The molecule has 2 nitrogen and oxygen atoms in total. The molecule has 0 amide bonds. The summed E-state index contributed by atoms with van der Waals surface area (Å²) in [6.45, 7) is 0. The summed E-state index contributed by atoms with van der Waals surface area (Å²) in [5.41, 5.74) is -1.88. The summed E-state index contributed by atoms with van der Waals surface area (Å²) < 4.78 is 38.2. The van der Waals surface area contributed by atoms with E-state index in [1.165, 1.54) is 6.07 Å². The number of ketones is 1. The average molecular weight is 421 g/mol. The molecule has 0 radical (unpaired) electrons. The van der Waals surface area contributed by atoms with Gasteiger partial charge in [-0.2, -0.15) is 13.2 Å². The van der Waals surface area contributed by atoms with E-state index in [1.54, 1.807) is 22.6 Å². The quantitative estimate of drug-likeness (QED) is 0.323. The molecule has 1 aromatic rings. The van der Waals surface area contributed by atoms with Crippen molar-refractivity contribution in [3.05, 3.63) is 32.4 Å². The van der Waals surface area contributed by atoms with E-state index in [1.807, 2.05) is 0 Å². The molecule has 1 aromatic carbocycles. The summed E-state index contributed by atoms with van der Waals surface area (Å²) in [7, 11) is 0. The van der Waals surface area contributed by atoms with Crippen LogP contribution in [0.5, 0.6) is 0 Å². The number of hydrogen-bond donors (Lipinski definition) is 0. The number of aldehydes is 1. The first kappa shape index (κ1) is 14.6. The fourth-order valence-electron chi connectivity index (χ4n) is 1.31. The van der Waals surface area contributed by atoms with Crippen molar-refractivity contribution in [2.75, 3.05) is 5.33 Å². The van der Waals surface area contributed by atoms with Gasteiger partial charge in [0, 0.05) is 14.7 Å². The molecular weight excluding hydrogens is 416 g/mol. The second kappa shape index (κ2) is 5.47. The van der Waals surface area contributed by atoms with Gasteiger partial charge < -0.3 is 0 Å². The number of carbonyl (C=O) groups is 2. The molecule has 7 heteroatoms. The Balaban J connectivity index is 3.59. The maximum absolute atomic E-state index is 12.6. The highest BCUT2D eigenvalue weighted by Crippen LogP contribution is 2.34. The Hall–Kier alpha value is -0.440. The van der Waals surface area contributed by atoms with Gasteiger partial charge in [0.05, 0.1) is 10.9 Å². The van der Waals surface area contributed by atoms with Gasteiger partial charge in [0.15, 0.2) is 12.1 Å². The third kappa shape index (κ3) is 3.06. The van der Waals surface area contributed by atoms with Crippen LogP contribution in [0.1, 0.15) is 26.3 Å². The van der Waals surface area contributed by atoms with Crippen molar-refractivity contribution in [3.8, 4) is 0 Å². The van der Waals surface area contributed by atoms with Gasteiger partial charge in [-0.15, -0.1) is 0 Å². The lowest BCUT2D eigenvalue weighted by molar-refractivity contribution is -0.137. The van der Waals surface area contributed by atoms with Crippen LogP contribution in [-0.4, -0.2) is 17.4 Å². The van der Waals surface area contributed by atoms with Crippen LogP contribution in [0, 0.1) is 3.57 Å². The van der Waals surface area contributed by atoms with E-state index in [2.05, 4.69) is 15.9 Å². The molecule has 0 aliphatic carbocycles. The Bertz CT molecular complexity index is 471. The van der Waals surface area contributed by atoms with Crippen LogP contribution in [0.2, 0.25) is 0 Å². The Morgan fingerprint density at radius 3 is 2.41 bits per heavy atom. The Kier molecular flexibility index (Phi) is 4.70. The van der Waals surface area contributed by atoms with Crippen molar-refractivity contribution in [1.82, 2.24) is 0 Å². The number of rotatable bonds is 3. The van der Waals surface area contributed by atoms with Gasteiger partial charge >= 0.3 is 6.18 Å². The maximum Gasteiger partial charge on any atom is 0.417 e. The van der Waals surface area contributed by atoms with Gasteiger partial charge in [-0.25, -0.2) is 0 Å². The fraction of sp³-hybridized carbons (Fsp3) is 0.200. The molecule has 0 saturated heterocycles. The first-order valence-corrected chi connectivity index (χ1v) is 6.47. The topological polar surface area (TPSA) is 34.1 Å². The smallest absolute Gasteiger partial charge is 0.298 e. The molecule has 0 aliphatic heterocycles. The number of halogens is 5. The van der Waals surface area contributed by atoms with Crippen molar-refractivity contribution in [2.24, 2.45) is 0 Å². The Morgan fingerprint density at radius 2 is 2.00 bits per heavy atom. The molecule has 0 atom stereocenters. The normalized spacial score (nSPS) is 11.4. The minimum absolute atomic E-state index is 0.0703. The zero-order valence-corrected chi connectivity index (χ0v) is 11.9. The highest BCUT2D eigenvalue weighted by Gasteiger charge is 2.35. The number of alkyl halides is 4. The van der Waals surface area contributed by atoms with Gasteiger partial charge in [-0.3, -0.25) is 9.59 Å². The highest BCUT2D eigenvalue weighted by molar-refractivity contribution is 14.1. The molecule has 0 heterocycles. The molecule has 0 aliphatic rings. The molecule has 0 bridgehead atoms. The summed E-state index contributed by atoms with van der Waals surface area (Å²) >= 11 is 4.60. The van der Waals surface area contributed by atoms with E-state index < -0.39 is 23.1 Å². The average Bonchev–Trinajstić information content (AvgIpc) is 2.25. The van der Waals surface area contributed by atoms with Crippen molar-refractivity contribution in [3.63, 3.8) is 0 Å². The second-order valence-corrected chi connectivity index (χ2v) is 4.78. The van der Waals surface area contributed by atoms with E-state index in [0.29, 0.717) is 3.57 Å². The van der Waals surface area contributed by atoms with E-state index in [-0.39, 0.29) is 17.2 Å². The van der Waals surface area contributed by atoms with Crippen LogP contribution in [0.3, 0.4) is 0 Å². The minimum Gasteiger partial charge on any atom is -0.298 e. The maximum atomic E-state index is 12.6. The van der Waals surface area contributed by atoms with E-state index in [9.17, 15) is 22.8 Å². The van der Waals surface area contributed by atoms with Crippen LogP contribution in [0.15, 0.2) is 12.1 Å². The standard InChI is InChI=1S/C10H5BrF3IO2/c11-3-8(17)9-5(4-16)6(10(12,13)14)1-2-7(9)15/h1-2,4H,3H2.